The van der Waals surface area contributed by atoms with Crippen molar-refractivity contribution in [1.82, 2.24) is 0 Å². The van der Waals surface area contributed by atoms with Crippen molar-refractivity contribution in [3.05, 3.63) is 34.1 Å². The Morgan fingerprint density at radius 1 is 1.54 bits per heavy atom. The van der Waals surface area contributed by atoms with Crippen LogP contribution in [0, 0.1) is 5.82 Å². The van der Waals surface area contributed by atoms with Crippen molar-refractivity contribution in [2.45, 2.75) is 19.8 Å². The summed E-state index contributed by atoms with van der Waals surface area (Å²) in [6.45, 7) is 2.02. The lowest BCUT2D eigenvalue weighted by atomic mass is 10.1. The molecule has 0 fully saturated rings. The molecular formula is C10H12BrFN+. The highest BCUT2D eigenvalue weighted by molar-refractivity contribution is 9.10. The molecule has 1 aromatic carbocycles. The van der Waals surface area contributed by atoms with Crippen LogP contribution in [0.4, 0.5) is 4.39 Å². The van der Waals surface area contributed by atoms with E-state index in [0.29, 0.717) is 11.3 Å². The maximum Gasteiger partial charge on any atom is 0.183 e. The van der Waals surface area contributed by atoms with Gasteiger partial charge in [0.05, 0.1) is 5.56 Å². The van der Waals surface area contributed by atoms with E-state index < -0.39 is 0 Å². The van der Waals surface area contributed by atoms with Gasteiger partial charge in [-0.05, 0) is 24.6 Å². The van der Waals surface area contributed by atoms with Crippen molar-refractivity contribution >= 4 is 21.6 Å². The first kappa shape index (κ1) is 10.4. The predicted octanol–water partition coefficient (Wildman–Crippen LogP) is 1.94. The highest BCUT2D eigenvalue weighted by Crippen LogP contribution is 2.16. The number of hydrogen-bond acceptors (Lipinski definition) is 0. The zero-order valence-corrected chi connectivity index (χ0v) is 9.07. The number of benzene rings is 1. The van der Waals surface area contributed by atoms with Gasteiger partial charge in [0.2, 0.25) is 0 Å². The Morgan fingerprint density at radius 2 is 2.23 bits per heavy atom. The molecule has 2 N–H and O–H groups in total. The van der Waals surface area contributed by atoms with E-state index in [1.807, 2.05) is 6.92 Å². The molecule has 1 nitrogen and oxygen atoms in total. The van der Waals surface area contributed by atoms with Gasteiger partial charge in [-0.2, -0.15) is 0 Å². The monoisotopic (exact) mass is 244 g/mol. The molecular weight excluding hydrogens is 233 g/mol. The van der Waals surface area contributed by atoms with Crippen molar-refractivity contribution < 1.29 is 9.80 Å². The molecule has 0 radical (unpaired) electrons. The van der Waals surface area contributed by atoms with Gasteiger partial charge in [-0.25, -0.2) is 4.39 Å². The number of halogens is 2. The Balaban J connectivity index is 2.99. The van der Waals surface area contributed by atoms with Gasteiger partial charge >= 0.3 is 0 Å². The molecule has 0 saturated carbocycles. The smallest absolute Gasteiger partial charge is 0.183 e. The van der Waals surface area contributed by atoms with Crippen LogP contribution in [-0.4, -0.2) is 5.71 Å². The summed E-state index contributed by atoms with van der Waals surface area (Å²) in [6, 6.07) is 4.79. The molecule has 0 aliphatic heterocycles. The number of nitrogens with two attached hydrogens (primary N) is 1. The average molecular weight is 245 g/mol. The molecule has 0 aromatic heterocycles. The minimum Gasteiger partial charge on any atom is -0.257 e. The minimum atomic E-state index is -0.255. The topological polar surface area (TPSA) is 25.6 Å². The number of rotatable bonds is 3. The van der Waals surface area contributed by atoms with E-state index in [9.17, 15) is 4.39 Å². The van der Waals surface area contributed by atoms with Gasteiger partial charge in [-0.1, -0.05) is 22.9 Å². The van der Waals surface area contributed by atoms with Gasteiger partial charge in [0, 0.05) is 10.9 Å². The van der Waals surface area contributed by atoms with Crippen molar-refractivity contribution in [2.75, 3.05) is 0 Å². The van der Waals surface area contributed by atoms with Crippen LogP contribution in [0.25, 0.3) is 0 Å². The van der Waals surface area contributed by atoms with Crippen LogP contribution in [0.2, 0.25) is 0 Å². The Kier molecular flexibility index (Phi) is 3.60. The maximum absolute atomic E-state index is 13.2. The summed E-state index contributed by atoms with van der Waals surface area (Å²) in [7, 11) is 0. The van der Waals surface area contributed by atoms with E-state index in [1.165, 1.54) is 6.07 Å². The number of hydrogen-bond donors (Lipinski definition) is 1. The molecule has 0 heterocycles. The summed E-state index contributed by atoms with van der Waals surface area (Å²) < 4.78 is 14.1. The van der Waals surface area contributed by atoms with Crippen LogP contribution < -0.4 is 5.41 Å². The third-order valence-electron chi connectivity index (χ3n) is 1.79. The van der Waals surface area contributed by atoms with E-state index in [2.05, 4.69) is 15.9 Å². The van der Waals surface area contributed by atoms with Gasteiger partial charge in [0.25, 0.3) is 0 Å². The van der Waals surface area contributed by atoms with E-state index in [0.717, 1.165) is 17.3 Å². The summed E-state index contributed by atoms with van der Waals surface area (Å²) in [4.78, 5) is 0. The zero-order chi connectivity index (χ0) is 9.84. The van der Waals surface area contributed by atoms with Crippen molar-refractivity contribution in [1.29, 1.82) is 0 Å². The highest BCUT2D eigenvalue weighted by Gasteiger charge is 2.11. The van der Waals surface area contributed by atoms with E-state index in [1.54, 1.807) is 12.1 Å². The first-order chi connectivity index (χ1) is 6.15. The van der Waals surface area contributed by atoms with Crippen LogP contribution in [-0.2, 0) is 0 Å². The second kappa shape index (κ2) is 4.51. The van der Waals surface area contributed by atoms with Crippen molar-refractivity contribution in [3.63, 3.8) is 0 Å². The zero-order valence-electron chi connectivity index (χ0n) is 7.48. The van der Waals surface area contributed by atoms with E-state index in [-0.39, 0.29) is 5.82 Å². The molecule has 0 unspecified atom stereocenters. The molecule has 1 rings (SSSR count). The maximum atomic E-state index is 13.2. The lowest BCUT2D eigenvalue weighted by molar-refractivity contribution is -0.115. The molecule has 0 aliphatic carbocycles. The van der Waals surface area contributed by atoms with Gasteiger partial charge in [-0.3, -0.25) is 5.41 Å². The Hall–Kier alpha value is -0.700. The molecule has 0 saturated heterocycles. The molecule has 3 heteroatoms. The molecule has 0 bridgehead atoms. The first-order valence-electron chi connectivity index (χ1n) is 4.22. The quantitative estimate of drug-likeness (QED) is 0.787. The molecule has 0 atom stereocenters. The fraction of sp³-hybridized carbons (Fsp3) is 0.300. The normalized spacial score (nSPS) is 10.1. The molecule has 0 spiro atoms. The molecule has 0 aliphatic rings. The Bertz CT molecular complexity index is 323. The van der Waals surface area contributed by atoms with Crippen molar-refractivity contribution in [2.24, 2.45) is 0 Å². The van der Waals surface area contributed by atoms with Crippen molar-refractivity contribution in [3.8, 4) is 0 Å². The largest absolute Gasteiger partial charge is 0.257 e. The van der Waals surface area contributed by atoms with Gasteiger partial charge in [0.15, 0.2) is 5.71 Å². The summed E-state index contributed by atoms with van der Waals surface area (Å²) in [6.07, 6.45) is 1.66. The summed E-state index contributed by atoms with van der Waals surface area (Å²) in [5.41, 5.74) is 1.12. The van der Waals surface area contributed by atoms with E-state index >= 15 is 0 Å². The van der Waals surface area contributed by atoms with E-state index in [4.69, 9.17) is 5.41 Å². The van der Waals surface area contributed by atoms with Crippen LogP contribution in [0.1, 0.15) is 25.3 Å². The third-order valence-corrected chi connectivity index (χ3v) is 2.29. The average Bonchev–Trinajstić information content (AvgIpc) is 2.09. The van der Waals surface area contributed by atoms with Crippen LogP contribution in [0.15, 0.2) is 22.7 Å². The highest BCUT2D eigenvalue weighted by atomic mass is 79.9. The third kappa shape index (κ3) is 2.62. The Morgan fingerprint density at radius 3 is 2.85 bits per heavy atom. The van der Waals surface area contributed by atoms with Crippen LogP contribution in [0.3, 0.4) is 0 Å². The van der Waals surface area contributed by atoms with Crippen LogP contribution >= 0.6 is 15.9 Å². The fourth-order valence-corrected chi connectivity index (χ4v) is 1.51. The van der Waals surface area contributed by atoms with Gasteiger partial charge < -0.3 is 0 Å². The predicted molar refractivity (Wildman–Crippen MR) is 55.0 cm³/mol. The molecule has 70 valence electrons. The van der Waals surface area contributed by atoms with Gasteiger partial charge in [-0.15, -0.1) is 0 Å². The lowest BCUT2D eigenvalue weighted by Gasteiger charge is -2.00. The SMILES string of the molecule is CCCC(=[NH2+])c1cc(Br)ccc1F. The second-order valence-electron chi connectivity index (χ2n) is 2.90. The second-order valence-corrected chi connectivity index (χ2v) is 3.82. The molecule has 13 heavy (non-hydrogen) atoms. The van der Waals surface area contributed by atoms with Gasteiger partial charge in [0.1, 0.15) is 5.82 Å². The minimum absolute atomic E-state index is 0.255. The lowest BCUT2D eigenvalue weighted by Crippen LogP contribution is -2.40. The summed E-state index contributed by atoms with van der Waals surface area (Å²) >= 11 is 3.28. The molecule has 1 aromatic rings. The first-order valence-corrected chi connectivity index (χ1v) is 5.01. The van der Waals surface area contributed by atoms with Crippen LogP contribution in [0.5, 0.6) is 0 Å². The molecule has 0 amide bonds. The summed E-state index contributed by atoms with van der Waals surface area (Å²) in [5, 5.41) is 5.73. The fourth-order valence-electron chi connectivity index (χ4n) is 1.15. The summed E-state index contributed by atoms with van der Waals surface area (Å²) in [5.74, 6) is -0.255. The Labute approximate surface area is 85.6 Å². The standard InChI is InChI=1S/C10H11BrFN/c1-2-3-10(13)8-6-7(11)4-5-9(8)12/h4-6,13H,2-3H2,1H3/p+1.